The molecule has 2 heterocycles. The smallest absolute Gasteiger partial charge is 0.0705 e. The van der Waals surface area contributed by atoms with Crippen LogP contribution < -0.4 is 5.73 Å². The van der Waals surface area contributed by atoms with Crippen LogP contribution in [0.4, 0.5) is 0 Å². The number of rotatable bonds is 2. The number of nitrogens with zero attached hydrogens (tertiary/aromatic N) is 1. The van der Waals surface area contributed by atoms with Gasteiger partial charge in [-0.05, 0) is 50.5 Å². The van der Waals surface area contributed by atoms with Gasteiger partial charge >= 0.3 is 0 Å². The summed E-state index contributed by atoms with van der Waals surface area (Å²) >= 11 is 0. The van der Waals surface area contributed by atoms with Gasteiger partial charge < -0.3 is 10.5 Å². The van der Waals surface area contributed by atoms with Gasteiger partial charge in [-0.2, -0.15) is 0 Å². The van der Waals surface area contributed by atoms with Crippen molar-refractivity contribution in [3.63, 3.8) is 0 Å². The maximum absolute atomic E-state index is 6.56. The lowest BCUT2D eigenvalue weighted by Gasteiger charge is -2.26. The molecule has 0 radical (unpaired) electrons. The highest BCUT2D eigenvalue weighted by Crippen LogP contribution is 2.39. The molecule has 5 atom stereocenters. The van der Waals surface area contributed by atoms with E-state index in [9.17, 15) is 0 Å². The van der Waals surface area contributed by atoms with Crippen molar-refractivity contribution in [1.82, 2.24) is 4.98 Å². The SMILES string of the molecule is Cc1ccc2cc(C(N)C3C(C)OC(C)C3C)ccc2n1. The Labute approximate surface area is 126 Å². The second-order valence-corrected chi connectivity index (χ2v) is 6.41. The molecule has 0 aliphatic carbocycles. The normalized spacial score (nSPS) is 30.7. The van der Waals surface area contributed by atoms with Crippen LogP contribution in [0.3, 0.4) is 0 Å². The van der Waals surface area contributed by atoms with Gasteiger partial charge in [0.15, 0.2) is 0 Å². The number of pyridine rings is 1. The second-order valence-electron chi connectivity index (χ2n) is 6.41. The molecule has 21 heavy (non-hydrogen) atoms. The molecule has 2 aromatic rings. The molecule has 1 aromatic heterocycles. The number of aryl methyl sites for hydroxylation is 1. The third-order valence-electron chi connectivity index (χ3n) is 4.97. The maximum atomic E-state index is 6.56. The summed E-state index contributed by atoms with van der Waals surface area (Å²) in [4.78, 5) is 4.55. The summed E-state index contributed by atoms with van der Waals surface area (Å²) in [7, 11) is 0. The Morgan fingerprint density at radius 1 is 1.10 bits per heavy atom. The van der Waals surface area contributed by atoms with E-state index < -0.39 is 0 Å². The van der Waals surface area contributed by atoms with Crippen LogP contribution in [0.25, 0.3) is 10.9 Å². The van der Waals surface area contributed by atoms with Crippen LogP contribution in [0.2, 0.25) is 0 Å². The van der Waals surface area contributed by atoms with Crippen molar-refractivity contribution in [2.75, 3.05) is 0 Å². The molecule has 1 aromatic carbocycles. The quantitative estimate of drug-likeness (QED) is 0.916. The first-order valence-electron chi connectivity index (χ1n) is 7.75. The van der Waals surface area contributed by atoms with Crippen LogP contribution in [0.5, 0.6) is 0 Å². The first-order valence-corrected chi connectivity index (χ1v) is 7.75. The summed E-state index contributed by atoms with van der Waals surface area (Å²) in [6.45, 7) is 8.53. The topological polar surface area (TPSA) is 48.1 Å². The lowest BCUT2D eigenvalue weighted by atomic mass is 9.81. The maximum Gasteiger partial charge on any atom is 0.0705 e. The number of ether oxygens (including phenoxy) is 1. The molecule has 3 rings (SSSR count). The van der Waals surface area contributed by atoms with Crippen LogP contribution in [-0.2, 0) is 4.74 Å². The highest BCUT2D eigenvalue weighted by atomic mass is 16.5. The van der Waals surface area contributed by atoms with E-state index in [4.69, 9.17) is 10.5 Å². The molecule has 1 saturated heterocycles. The van der Waals surface area contributed by atoms with E-state index in [-0.39, 0.29) is 18.2 Å². The van der Waals surface area contributed by atoms with Gasteiger partial charge in [0.2, 0.25) is 0 Å². The first kappa shape index (κ1) is 14.5. The average molecular weight is 284 g/mol. The highest BCUT2D eigenvalue weighted by molar-refractivity contribution is 5.79. The predicted molar refractivity (Wildman–Crippen MR) is 86.1 cm³/mol. The Morgan fingerprint density at radius 2 is 1.86 bits per heavy atom. The van der Waals surface area contributed by atoms with E-state index in [0.717, 1.165) is 16.6 Å². The Hall–Kier alpha value is -1.45. The zero-order chi connectivity index (χ0) is 15.1. The Bertz CT molecular complexity index is 655. The van der Waals surface area contributed by atoms with E-state index >= 15 is 0 Å². The van der Waals surface area contributed by atoms with Gasteiger partial charge in [0.05, 0.1) is 17.7 Å². The van der Waals surface area contributed by atoms with Crippen LogP contribution in [0.15, 0.2) is 30.3 Å². The zero-order valence-corrected chi connectivity index (χ0v) is 13.2. The standard InChI is InChI=1S/C18H24N2O/c1-10-5-6-14-9-15(7-8-16(14)20-10)18(19)17-11(2)12(3)21-13(17)4/h5-9,11-13,17-18H,19H2,1-4H3. The van der Waals surface area contributed by atoms with Crippen molar-refractivity contribution in [3.8, 4) is 0 Å². The average Bonchev–Trinajstić information content (AvgIpc) is 2.71. The molecule has 3 heteroatoms. The van der Waals surface area contributed by atoms with Crippen molar-refractivity contribution >= 4 is 10.9 Å². The van der Waals surface area contributed by atoms with Gasteiger partial charge in [-0.15, -0.1) is 0 Å². The predicted octanol–water partition coefficient (Wildman–Crippen LogP) is 3.60. The van der Waals surface area contributed by atoms with E-state index in [1.807, 2.05) is 13.0 Å². The monoisotopic (exact) mass is 284 g/mol. The molecular formula is C18H24N2O. The molecule has 0 amide bonds. The third kappa shape index (κ3) is 2.56. The molecule has 0 spiro atoms. The number of hydrogen-bond acceptors (Lipinski definition) is 3. The number of hydrogen-bond donors (Lipinski definition) is 1. The Morgan fingerprint density at radius 3 is 2.52 bits per heavy atom. The van der Waals surface area contributed by atoms with E-state index in [1.165, 1.54) is 5.56 Å². The minimum Gasteiger partial charge on any atom is -0.375 e. The first-order chi connectivity index (χ1) is 9.97. The van der Waals surface area contributed by atoms with Gasteiger partial charge in [-0.1, -0.05) is 19.1 Å². The van der Waals surface area contributed by atoms with Crippen molar-refractivity contribution in [3.05, 3.63) is 41.6 Å². The molecule has 1 fully saturated rings. The largest absolute Gasteiger partial charge is 0.375 e. The Kier molecular flexibility index (Phi) is 3.72. The summed E-state index contributed by atoms with van der Waals surface area (Å²) in [5.74, 6) is 0.831. The van der Waals surface area contributed by atoms with Crippen molar-refractivity contribution in [2.45, 2.75) is 45.9 Å². The lowest BCUT2D eigenvalue weighted by molar-refractivity contribution is 0.0489. The van der Waals surface area contributed by atoms with Gasteiger partial charge in [0, 0.05) is 23.0 Å². The van der Waals surface area contributed by atoms with Crippen LogP contribution in [-0.4, -0.2) is 17.2 Å². The van der Waals surface area contributed by atoms with Gasteiger partial charge in [0.25, 0.3) is 0 Å². The number of benzene rings is 1. The van der Waals surface area contributed by atoms with Gasteiger partial charge in [-0.3, -0.25) is 4.98 Å². The zero-order valence-electron chi connectivity index (χ0n) is 13.2. The fourth-order valence-electron chi connectivity index (χ4n) is 3.59. The van der Waals surface area contributed by atoms with Crippen LogP contribution in [0, 0.1) is 18.8 Å². The summed E-state index contributed by atoms with van der Waals surface area (Å²) in [6.07, 6.45) is 0.484. The van der Waals surface area contributed by atoms with Gasteiger partial charge in [0.1, 0.15) is 0 Å². The fraction of sp³-hybridized carbons (Fsp3) is 0.500. The van der Waals surface area contributed by atoms with Crippen molar-refractivity contribution in [1.29, 1.82) is 0 Å². The molecule has 112 valence electrons. The molecule has 1 aliphatic rings. The summed E-state index contributed by atoms with van der Waals surface area (Å²) < 4.78 is 5.94. The molecule has 0 saturated carbocycles. The third-order valence-corrected chi connectivity index (χ3v) is 4.97. The Balaban J connectivity index is 1.94. The number of fused-ring (bicyclic) bond motifs is 1. The summed E-state index contributed by atoms with van der Waals surface area (Å²) in [5, 5.41) is 1.15. The molecular weight excluding hydrogens is 260 g/mol. The minimum absolute atomic E-state index is 0.00523. The molecule has 3 nitrogen and oxygen atoms in total. The van der Waals surface area contributed by atoms with Gasteiger partial charge in [-0.25, -0.2) is 0 Å². The molecule has 0 bridgehead atoms. The number of nitrogens with two attached hydrogens (primary N) is 1. The highest BCUT2D eigenvalue weighted by Gasteiger charge is 2.40. The van der Waals surface area contributed by atoms with Crippen LogP contribution >= 0.6 is 0 Å². The molecule has 5 unspecified atom stereocenters. The second kappa shape index (κ2) is 5.39. The molecule has 1 aliphatic heterocycles. The van der Waals surface area contributed by atoms with Crippen molar-refractivity contribution < 1.29 is 4.74 Å². The minimum atomic E-state index is 0.00523. The summed E-state index contributed by atoms with van der Waals surface area (Å²) in [5.41, 5.74) is 9.81. The summed E-state index contributed by atoms with van der Waals surface area (Å²) in [6, 6.07) is 10.5. The van der Waals surface area contributed by atoms with E-state index in [1.54, 1.807) is 0 Å². The lowest BCUT2D eigenvalue weighted by Crippen LogP contribution is -2.30. The fourth-order valence-corrected chi connectivity index (χ4v) is 3.59. The molecule has 2 N–H and O–H groups in total. The van der Waals surface area contributed by atoms with E-state index in [2.05, 4.69) is 50.0 Å². The van der Waals surface area contributed by atoms with Crippen LogP contribution in [0.1, 0.15) is 38.1 Å². The van der Waals surface area contributed by atoms with E-state index in [0.29, 0.717) is 11.8 Å². The number of aromatic nitrogens is 1. The van der Waals surface area contributed by atoms with Crippen molar-refractivity contribution in [2.24, 2.45) is 17.6 Å².